The Morgan fingerprint density at radius 3 is 3.00 bits per heavy atom. The average molecular weight is 221 g/mol. The summed E-state index contributed by atoms with van der Waals surface area (Å²) in [7, 11) is 0. The topological polar surface area (TPSA) is 25.2 Å². The van der Waals surface area contributed by atoms with Gasteiger partial charge in [-0.2, -0.15) is 0 Å². The van der Waals surface area contributed by atoms with Crippen molar-refractivity contribution in [2.45, 2.75) is 51.5 Å². The van der Waals surface area contributed by atoms with E-state index in [2.05, 4.69) is 18.3 Å². The summed E-state index contributed by atoms with van der Waals surface area (Å²) in [5.74, 6) is 0.804. The van der Waals surface area contributed by atoms with Gasteiger partial charge in [0.2, 0.25) is 0 Å². The van der Waals surface area contributed by atoms with E-state index in [0.717, 1.165) is 18.5 Å². The van der Waals surface area contributed by atoms with Gasteiger partial charge < -0.3 is 9.73 Å². The summed E-state index contributed by atoms with van der Waals surface area (Å²) in [6.45, 7) is 3.40. The van der Waals surface area contributed by atoms with Crippen LogP contribution in [0.2, 0.25) is 0 Å². The number of hydrogen-bond donors (Lipinski definition) is 1. The van der Waals surface area contributed by atoms with Crippen LogP contribution in [-0.4, -0.2) is 12.6 Å². The Balaban J connectivity index is 1.88. The predicted molar refractivity (Wildman–Crippen MR) is 66.5 cm³/mol. The lowest BCUT2D eigenvalue weighted by Gasteiger charge is -2.32. The first kappa shape index (κ1) is 11.7. The van der Waals surface area contributed by atoms with Gasteiger partial charge in [-0.15, -0.1) is 0 Å². The van der Waals surface area contributed by atoms with Crippen LogP contribution in [0.1, 0.15) is 44.6 Å². The summed E-state index contributed by atoms with van der Waals surface area (Å²) in [6.07, 6.45) is 11.6. The summed E-state index contributed by atoms with van der Waals surface area (Å²) in [5, 5.41) is 3.70. The molecule has 1 saturated carbocycles. The molecule has 2 nitrogen and oxygen atoms in total. The summed E-state index contributed by atoms with van der Waals surface area (Å²) in [5.41, 5.74) is 1.36. The van der Waals surface area contributed by atoms with Crippen LogP contribution in [0.4, 0.5) is 0 Å². The second kappa shape index (κ2) is 6.09. The zero-order chi connectivity index (χ0) is 11.2. The van der Waals surface area contributed by atoms with E-state index in [-0.39, 0.29) is 0 Å². The van der Waals surface area contributed by atoms with Gasteiger partial charge >= 0.3 is 0 Å². The van der Waals surface area contributed by atoms with Crippen molar-refractivity contribution < 1.29 is 4.42 Å². The van der Waals surface area contributed by atoms with Gasteiger partial charge in [0.05, 0.1) is 12.5 Å². The molecule has 1 aliphatic rings. The van der Waals surface area contributed by atoms with E-state index in [0.29, 0.717) is 0 Å². The highest BCUT2D eigenvalue weighted by Crippen LogP contribution is 2.27. The minimum absolute atomic E-state index is 0.726. The van der Waals surface area contributed by atoms with Crippen LogP contribution in [0.25, 0.3) is 0 Å². The fourth-order valence-corrected chi connectivity index (χ4v) is 2.76. The molecule has 2 heteroatoms. The van der Waals surface area contributed by atoms with Crippen LogP contribution in [-0.2, 0) is 6.42 Å². The van der Waals surface area contributed by atoms with Crippen molar-refractivity contribution in [3.8, 4) is 0 Å². The highest BCUT2D eigenvalue weighted by molar-refractivity contribution is 5.07. The van der Waals surface area contributed by atoms with Gasteiger partial charge in [-0.05, 0) is 49.8 Å². The Kier molecular flexibility index (Phi) is 4.46. The van der Waals surface area contributed by atoms with E-state index in [9.17, 15) is 0 Å². The molecule has 0 aromatic carbocycles. The molecule has 1 fully saturated rings. The third-order valence-corrected chi connectivity index (χ3v) is 3.64. The zero-order valence-electron chi connectivity index (χ0n) is 10.2. The van der Waals surface area contributed by atoms with Crippen LogP contribution in [0.15, 0.2) is 23.0 Å². The lowest BCUT2D eigenvalue weighted by atomic mass is 9.81. The van der Waals surface area contributed by atoms with Gasteiger partial charge in [-0.25, -0.2) is 0 Å². The molecule has 1 aromatic rings. The summed E-state index contributed by atoms with van der Waals surface area (Å²) in [6, 6.07) is 2.83. The van der Waals surface area contributed by atoms with Crippen LogP contribution < -0.4 is 5.32 Å². The van der Waals surface area contributed by atoms with Gasteiger partial charge in [-0.3, -0.25) is 0 Å². The van der Waals surface area contributed by atoms with Crippen LogP contribution in [0, 0.1) is 5.92 Å². The highest BCUT2D eigenvalue weighted by Gasteiger charge is 2.24. The first-order valence-electron chi connectivity index (χ1n) is 6.64. The normalized spacial score (nSPS) is 25.8. The lowest BCUT2D eigenvalue weighted by molar-refractivity contribution is 0.261. The first-order valence-corrected chi connectivity index (χ1v) is 6.64. The van der Waals surface area contributed by atoms with Gasteiger partial charge in [-0.1, -0.05) is 19.8 Å². The van der Waals surface area contributed by atoms with E-state index in [1.807, 2.05) is 6.26 Å². The maximum atomic E-state index is 5.15. The highest BCUT2D eigenvalue weighted by atomic mass is 16.3. The molecule has 1 heterocycles. The molecule has 0 amide bonds. The van der Waals surface area contributed by atoms with Gasteiger partial charge in [0.1, 0.15) is 0 Å². The molecule has 1 aliphatic carbocycles. The van der Waals surface area contributed by atoms with Gasteiger partial charge in [0, 0.05) is 6.04 Å². The van der Waals surface area contributed by atoms with Crippen molar-refractivity contribution in [3.05, 3.63) is 24.2 Å². The number of hydrogen-bond acceptors (Lipinski definition) is 2. The molecule has 0 aliphatic heterocycles. The van der Waals surface area contributed by atoms with Crippen molar-refractivity contribution >= 4 is 0 Å². The van der Waals surface area contributed by atoms with Crippen LogP contribution >= 0.6 is 0 Å². The molecule has 2 unspecified atom stereocenters. The lowest BCUT2D eigenvalue weighted by Crippen LogP contribution is -2.39. The molecule has 2 rings (SSSR count). The largest absolute Gasteiger partial charge is 0.472 e. The smallest absolute Gasteiger partial charge is 0.0934 e. The van der Waals surface area contributed by atoms with Crippen molar-refractivity contribution in [2.75, 3.05) is 6.54 Å². The average Bonchev–Trinajstić information content (AvgIpc) is 2.81. The Morgan fingerprint density at radius 2 is 2.25 bits per heavy atom. The Bertz CT molecular complexity index is 281. The van der Waals surface area contributed by atoms with E-state index >= 15 is 0 Å². The first-order chi connectivity index (χ1) is 7.90. The molecule has 16 heavy (non-hydrogen) atoms. The molecule has 0 radical (unpaired) electrons. The third kappa shape index (κ3) is 3.11. The fourth-order valence-electron chi connectivity index (χ4n) is 2.76. The van der Waals surface area contributed by atoms with Crippen molar-refractivity contribution in [1.29, 1.82) is 0 Å². The quantitative estimate of drug-likeness (QED) is 0.824. The van der Waals surface area contributed by atoms with Gasteiger partial charge in [0.25, 0.3) is 0 Å². The van der Waals surface area contributed by atoms with Crippen LogP contribution in [0.3, 0.4) is 0 Å². The minimum atomic E-state index is 0.726. The summed E-state index contributed by atoms with van der Waals surface area (Å²) >= 11 is 0. The second-order valence-electron chi connectivity index (χ2n) is 4.94. The zero-order valence-corrected chi connectivity index (χ0v) is 10.2. The molecular weight excluding hydrogens is 198 g/mol. The molecule has 1 N–H and O–H groups in total. The predicted octanol–water partition coefficient (Wildman–Crippen LogP) is 3.38. The summed E-state index contributed by atoms with van der Waals surface area (Å²) < 4.78 is 5.15. The number of furan rings is 1. The molecule has 2 atom stereocenters. The Morgan fingerprint density at radius 1 is 1.38 bits per heavy atom. The molecular formula is C14H23NO. The third-order valence-electron chi connectivity index (χ3n) is 3.64. The molecule has 0 spiro atoms. The monoisotopic (exact) mass is 221 g/mol. The maximum Gasteiger partial charge on any atom is 0.0934 e. The van der Waals surface area contributed by atoms with Crippen LogP contribution in [0.5, 0.6) is 0 Å². The second-order valence-corrected chi connectivity index (χ2v) is 4.94. The van der Waals surface area contributed by atoms with Crippen molar-refractivity contribution in [1.82, 2.24) is 5.32 Å². The van der Waals surface area contributed by atoms with E-state index < -0.39 is 0 Å². The Hall–Kier alpha value is -0.760. The molecule has 90 valence electrons. The van der Waals surface area contributed by atoms with Gasteiger partial charge in [0.15, 0.2) is 0 Å². The standard InChI is InChI=1S/C14H23NO/c1-2-8-15-14-6-4-3-5-13(14)10-12-7-9-16-11-12/h7,9,11,13-15H,2-6,8,10H2,1H3. The van der Waals surface area contributed by atoms with E-state index in [1.165, 1.54) is 44.1 Å². The molecule has 1 aromatic heterocycles. The fraction of sp³-hybridized carbons (Fsp3) is 0.714. The number of rotatable bonds is 5. The van der Waals surface area contributed by atoms with E-state index in [4.69, 9.17) is 4.42 Å². The SMILES string of the molecule is CCCNC1CCCCC1Cc1ccoc1. The van der Waals surface area contributed by atoms with E-state index in [1.54, 1.807) is 6.26 Å². The summed E-state index contributed by atoms with van der Waals surface area (Å²) in [4.78, 5) is 0. The molecule has 0 saturated heterocycles. The van der Waals surface area contributed by atoms with Crippen molar-refractivity contribution in [2.24, 2.45) is 5.92 Å². The Labute approximate surface area is 98.4 Å². The molecule has 0 bridgehead atoms. The minimum Gasteiger partial charge on any atom is -0.472 e. The van der Waals surface area contributed by atoms with Crippen molar-refractivity contribution in [3.63, 3.8) is 0 Å². The number of nitrogens with one attached hydrogen (secondary N) is 1. The maximum absolute atomic E-state index is 5.15.